The third kappa shape index (κ3) is 4.28. The zero-order valence-electron chi connectivity index (χ0n) is 17.0. The van der Waals surface area contributed by atoms with Crippen molar-refractivity contribution in [3.63, 3.8) is 0 Å². The molecule has 1 amide bonds. The van der Waals surface area contributed by atoms with Crippen LogP contribution in [0.3, 0.4) is 0 Å². The van der Waals surface area contributed by atoms with Crippen molar-refractivity contribution >= 4 is 17.7 Å². The number of amides is 1. The van der Waals surface area contributed by atoms with Crippen LogP contribution in [-0.4, -0.2) is 38.2 Å². The van der Waals surface area contributed by atoms with Gasteiger partial charge in [-0.3, -0.25) is 14.3 Å². The second-order valence-electron chi connectivity index (χ2n) is 6.97. The molecule has 2 aromatic carbocycles. The molecule has 5 rings (SSSR count). The Morgan fingerprint density at radius 1 is 1.00 bits per heavy atom. The normalized spacial score (nSPS) is 12.0. The number of ether oxygens (including phenoxy) is 2. The van der Waals surface area contributed by atoms with Gasteiger partial charge in [-0.25, -0.2) is 0 Å². The summed E-state index contributed by atoms with van der Waals surface area (Å²) in [5.41, 5.74) is 2.77. The molecule has 0 bridgehead atoms. The van der Waals surface area contributed by atoms with E-state index >= 15 is 0 Å². The second kappa shape index (κ2) is 9.11. The van der Waals surface area contributed by atoms with Gasteiger partial charge in [0.25, 0.3) is 0 Å². The molecule has 0 fully saturated rings. The number of nitrogens with one attached hydrogen (secondary N) is 1. The summed E-state index contributed by atoms with van der Waals surface area (Å²) in [5, 5.41) is 12.3. The molecule has 8 nitrogen and oxygen atoms in total. The van der Waals surface area contributed by atoms with Gasteiger partial charge in [-0.2, -0.15) is 0 Å². The van der Waals surface area contributed by atoms with Crippen molar-refractivity contribution in [1.29, 1.82) is 0 Å². The lowest BCUT2D eigenvalue weighted by Gasteiger charge is -2.10. The predicted molar refractivity (Wildman–Crippen MR) is 120 cm³/mol. The van der Waals surface area contributed by atoms with E-state index in [2.05, 4.69) is 20.5 Å². The molecular weight excluding hydrogens is 426 g/mol. The number of pyridine rings is 1. The van der Waals surface area contributed by atoms with E-state index in [4.69, 9.17) is 9.47 Å². The van der Waals surface area contributed by atoms with Gasteiger partial charge < -0.3 is 14.8 Å². The van der Waals surface area contributed by atoms with Crippen LogP contribution in [0.1, 0.15) is 5.56 Å². The van der Waals surface area contributed by atoms with Crippen LogP contribution in [0.4, 0.5) is 0 Å². The van der Waals surface area contributed by atoms with E-state index in [1.807, 2.05) is 65.2 Å². The summed E-state index contributed by atoms with van der Waals surface area (Å²) in [4.78, 5) is 16.6. The molecule has 0 radical (unpaired) electrons. The van der Waals surface area contributed by atoms with E-state index in [-0.39, 0.29) is 18.5 Å². The molecule has 1 aliphatic heterocycles. The number of nitrogens with zero attached hydrogens (tertiary/aromatic N) is 4. The molecule has 0 unspecified atom stereocenters. The Morgan fingerprint density at radius 2 is 1.81 bits per heavy atom. The van der Waals surface area contributed by atoms with Crippen LogP contribution in [-0.2, 0) is 11.3 Å². The highest BCUT2D eigenvalue weighted by Crippen LogP contribution is 2.32. The van der Waals surface area contributed by atoms with Crippen LogP contribution < -0.4 is 14.8 Å². The number of hydrogen-bond donors (Lipinski definition) is 1. The fourth-order valence-electron chi connectivity index (χ4n) is 3.29. The van der Waals surface area contributed by atoms with Crippen molar-refractivity contribution in [3.05, 3.63) is 78.6 Å². The number of thioether (sulfide) groups is 1. The van der Waals surface area contributed by atoms with Crippen LogP contribution in [0.15, 0.2) is 78.2 Å². The summed E-state index contributed by atoms with van der Waals surface area (Å²) >= 11 is 1.34. The topological polar surface area (TPSA) is 91.2 Å². The Kier molecular flexibility index (Phi) is 5.71. The number of benzene rings is 2. The first-order chi connectivity index (χ1) is 15.8. The highest BCUT2D eigenvalue weighted by molar-refractivity contribution is 7.99. The lowest BCUT2D eigenvalue weighted by atomic mass is 10.2. The maximum absolute atomic E-state index is 12.5. The molecule has 160 valence electrons. The van der Waals surface area contributed by atoms with Gasteiger partial charge in [-0.1, -0.05) is 36.0 Å². The molecule has 1 N–H and O–H groups in total. The average molecular weight is 446 g/mol. The van der Waals surface area contributed by atoms with Crippen molar-refractivity contribution in [2.75, 3.05) is 12.5 Å². The molecule has 0 saturated heterocycles. The van der Waals surface area contributed by atoms with Crippen LogP contribution >= 0.6 is 11.8 Å². The largest absolute Gasteiger partial charge is 0.454 e. The first-order valence-corrected chi connectivity index (χ1v) is 11.0. The number of rotatable bonds is 7. The van der Waals surface area contributed by atoms with Crippen LogP contribution in [0, 0.1) is 0 Å². The summed E-state index contributed by atoms with van der Waals surface area (Å²) in [6, 6.07) is 19.2. The van der Waals surface area contributed by atoms with Gasteiger partial charge in [-0.15, -0.1) is 10.2 Å². The highest BCUT2D eigenvalue weighted by atomic mass is 32.2. The van der Waals surface area contributed by atoms with E-state index in [0.717, 1.165) is 22.6 Å². The maximum atomic E-state index is 12.5. The highest BCUT2D eigenvalue weighted by Gasteiger charge is 2.17. The summed E-state index contributed by atoms with van der Waals surface area (Å²) in [6.07, 6.45) is 3.44. The molecule has 2 aromatic heterocycles. The SMILES string of the molecule is O=C(CSc1nnc(-c2ccncc2)n1-c1ccccc1)NCc1ccc2c(c1)OCO2. The fraction of sp³-hybridized carbons (Fsp3) is 0.130. The summed E-state index contributed by atoms with van der Waals surface area (Å²) in [7, 11) is 0. The monoisotopic (exact) mass is 445 g/mol. The van der Waals surface area contributed by atoms with Crippen LogP contribution in [0.25, 0.3) is 17.1 Å². The smallest absolute Gasteiger partial charge is 0.231 e. The Bertz CT molecular complexity index is 1230. The lowest BCUT2D eigenvalue weighted by Crippen LogP contribution is -2.24. The third-order valence-corrected chi connectivity index (χ3v) is 5.77. The van der Waals surface area contributed by atoms with Gasteiger partial charge in [0.2, 0.25) is 12.7 Å². The van der Waals surface area contributed by atoms with E-state index in [1.165, 1.54) is 11.8 Å². The number of carbonyl (C=O) groups excluding carboxylic acids is 1. The minimum Gasteiger partial charge on any atom is -0.454 e. The van der Waals surface area contributed by atoms with E-state index < -0.39 is 0 Å². The third-order valence-electron chi connectivity index (χ3n) is 4.85. The minimum atomic E-state index is -0.0965. The minimum absolute atomic E-state index is 0.0965. The molecule has 4 aromatic rings. The maximum Gasteiger partial charge on any atom is 0.231 e. The molecule has 9 heteroatoms. The van der Waals surface area contributed by atoms with Gasteiger partial charge in [0, 0.05) is 30.2 Å². The van der Waals surface area contributed by atoms with Crippen molar-refractivity contribution in [1.82, 2.24) is 25.1 Å². The quantitative estimate of drug-likeness (QED) is 0.436. The fourth-order valence-corrected chi connectivity index (χ4v) is 4.08. The van der Waals surface area contributed by atoms with Crippen molar-refractivity contribution in [2.24, 2.45) is 0 Å². The molecule has 0 atom stereocenters. The molecule has 0 saturated carbocycles. The summed E-state index contributed by atoms with van der Waals surface area (Å²) in [5.74, 6) is 2.24. The Morgan fingerprint density at radius 3 is 2.66 bits per heavy atom. The summed E-state index contributed by atoms with van der Waals surface area (Å²) < 4.78 is 12.7. The summed E-state index contributed by atoms with van der Waals surface area (Å²) in [6.45, 7) is 0.634. The molecular formula is C23H19N5O3S. The number of carbonyl (C=O) groups is 1. The predicted octanol–water partition coefficient (Wildman–Crippen LogP) is 3.47. The van der Waals surface area contributed by atoms with Crippen molar-refractivity contribution in [2.45, 2.75) is 11.7 Å². The van der Waals surface area contributed by atoms with Crippen molar-refractivity contribution in [3.8, 4) is 28.6 Å². The molecule has 32 heavy (non-hydrogen) atoms. The van der Waals surface area contributed by atoms with Gasteiger partial charge in [0.15, 0.2) is 22.5 Å². The van der Waals surface area contributed by atoms with E-state index in [9.17, 15) is 4.79 Å². The number of fused-ring (bicyclic) bond motifs is 1. The van der Waals surface area contributed by atoms with E-state index in [1.54, 1.807) is 12.4 Å². The standard InChI is InChI=1S/C23H19N5O3S/c29-21(25-13-16-6-7-19-20(12-16)31-15-30-19)14-32-23-27-26-22(17-8-10-24-11-9-17)28(23)18-4-2-1-3-5-18/h1-12H,13-15H2,(H,25,29). The van der Waals surface area contributed by atoms with Crippen LogP contribution in [0.5, 0.6) is 11.5 Å². The second-order valence-corrected chi connectivity index (χ2v) is 7.91. The Hall–Kier alpha value is -3.85. The Labute approximate surface area is 188 Å². The van der Waals surface area contributed by atoms with E-state index in [0.29, 0.717) is 23.3 Å². The number of para-hydroxylation sites is 1. The molecule has 3 heterocycles. The molecule has 0 spiro atoms. The van der Waals surface area contributed by atoms with Gasteiger partial charge in [0.05, 0.1) is 5.75 Å². The van der Waals surface area contributed by atoms with Gasteiger partial charge >= 0.3 is 0 Å². The number of aromatic nitrogens is 4. The first kappa shape index (κ1) is 20.1. The van der Waals surface area contributed by atoms with Gasteiger partial charge in [0.1, 0.15) is 0 Å². The molecule has 0 aliphatic carbocycles. The average Bonchev–Trinajstić information content (AvgIpc) is 3.49. The zero-order chi connectivity index (χ0) is 21.8. The number of hydrogen-bond acceptors (Lipinski definition) is 7. The van der Waals surface area contributed by atoms with Gasteiger partial charge in [-0.05, 0) is 42.0 Å². The van der Waals surface area contributed by atoms with Crippen molar-refractivity contribution < 1.29 is 14.3 Å². The van der Waals surface area contributed by atoms with Crippen LogP contribution in [0.2, 0.25) is 0 Å². The molecule has 1 aliphatic rings. The zero-order valence-corrected chi connectivity index (χ0v) is 17.8. The Balaban J connectivity index is 1.29. The lowest BCUT2D eigenvalue weighted by molar-refractivity contribution is -0.118. The first-order valence-electron chi connectivity index (χ1n) is 9.97.